The summed E-state index contributed by atoms with van der Waals surface area (Å²) in [6.07, 6.45) is 1.99. The van der Waals surface area contributed by atoms with Crippen LogP contribution in [0, 0.1) is 0 Å². The minimum absolute atomic E-state index is 0.0396. The smallest absolute Gasteiger partial charge is 0.349 e. The van der Waals surface area contributed by atoms with Gasteiger partial charge in [-0.15, -0.1) is 0 Å². The van der Waals surface area contributed by atoms with E-state index in [0.717, 1.165) is 16.9 Å². The molecule has 0 aliphatic heterocycles. The average Bonchev–Trinajstić information content (AvgIpc) is 2.73. The summed E-state index contributed by atoms with van der Waals surface area (Å²) in [7, 11) is 0. The fraction of sp³-hybridized carbons (Fsp3) is 0.0435. The second kappa shape index (κ2) is 7.30. The molecule has 27 heavy (non-hydrogen) atoms. The Labute approximate surface area is 157 Å². The van der Waals surface area contributed by atoms with Crippen molar-refractivity contribution in [2.75, 3.05) is 0 Å². The minimum Gasteiger partial charge on any atom is -0.477 e. The topological polar surface area (TPSA) is 46.1 Å². The lowest BCUT2D eigenvalue weighted by atomic mass is 10.1. The molecule has 0 spiro atoms. The van der Waals surface area contributed by atoms with E-state index in [2.05, 4.69) is 0 Å². The normalized spacial score (nSPS) is 10.7. The van der Waals surface area contributed by atoms with Gasteiger partial charge in [0.2, 0.25) is 0 Å². The molecule has 4 aromatic rings. The molecule has 0 bridgehead atoms. The number of aromatic nitrogens is 2. The van der Waals surface area contributed by atoms with Gasteiger partial charge in [0.15, 0.2) is 0 Å². The van der Waals surface area contributed by atoms with Crippen molar-refractivity contribution >= 4 is 0 Å². The first-order chi connectivity index (χ1) is 13.2. The Kier molecular flexibility index (Phi) is 4.54. The molecule has 1 N–H and O–H groups in total. The summed E-state index contributed by atoms with van der Waals surface area (Å²) in [6, 6.07) is 28.6. The van der Waals surface area contributed by atoms with Crippen LogP contribution in [0.15, 0.2) is 102 Å². The van der Waals surface area contributed by atoms with Crippen LogP contribution in [0.5, 0.6) is 5.88 Å². The standard InChI is InChI=1S/C23H18N2O2/c26-22-21(16-18-10-4-1-5-11-18)23(27)25(20-14-8-3-9-15-20)17-24(22)19-12-6-2-7-13-19/h1-15,17H,16H2/p+1. The summed E-state index contributed by atoms with van der Waals surface area (Å²) in [5, 5.41) is 10.9. The zero-order chi connectivity index (χ0) is 18.6. The molecule has 0 saturated carbocycles. The van der Waals surface area contributed by atoms with E-state index in [0.29, 0.717) is 12.0 Å². The van der Waals surface area contributed by atoms with Crippen molar-refractivity contribution in [2.45, 2.75) is 6.42 Å². The van der Waals surface area contributed by atoms with Crippen LogP contribution in [0.3, 0.4) is 0 Å². The molecule has 1 aromatic heterocycles. The van der Waals surface area contributed by atoms with Crippen molar-refractivity contribution in [3.63, 3.8) is 0 Å². The van der Waals surface area contributed by atoms with Crippen LogP contribution in [0.25, 0.3) is 11.4 Å². The molecule has 4 heteroatoms. The van der Waals surface area contributed by atoms with Gasteiger partial charge in [0.1, 0.15) is 16.9 Å². The van der Waals surface area contributed by atoms with Gasteiger partial charge in [-0.2, -0.15) is 9.13 Å². The zero-order valence-electron chi connectivity index (χ0n) is 14.7. The molecule has 0 aliphatic rings. The Balaban J connectivity index is 1.95. The molecule has 0 aliphatic carbocycles. The maximum atomic E-state index is 13.2. The Hall–Kier alpha value is -3.66. The first kappa shape index (κ1) is 16.8. The summed E-state index contributed by atoms with van der Waals surface area (Å²) in [5.41, 5.74) is 2.64. The number of hydrogen-bond acceptors (Lipinski definition) is 2. The molecule has 0 radical (unpaired) electrons. The highest BCUT2D eigenvalue weighted by atomic mass is 16.3. The Bertz CT molecular complexity index is 1110. The number of nitrogens with zero attached hydrogens (tertiary/aromatic N) is 2. The average molecular weight is 355 g/mol. The van der Waals surface area contributed by atoms with Crippen molar-refractivity contribution in [3.8, 4) is 17.3 Å². The van der Waals surface area contributed by atoms with Crippen LogP contribution >= 0.6 is 0 Å². The quantitative estimate of drug-likeness (QED) is 0.570. The highest BCUT2D eigenvalue weighted by Gasteiger charge is 2.23. The van der Waals surface area contributed by atoms with E-state index in [4.69, 9.17) is 0 Å². The first-order valence-corrected chi connectivity index (χ1v) is 8.78. The van der Waals surface area contributed by atoms with Gasteiger partial charge in [-0.3, -0.25) is 0 Å². The monoisotopic (exact) mass is 355 g/mol. The van der Waals surface area contributed by atoms with E-state index in [-0.39, 0.29) is 11.4 Å². The predicted molar refractivity (Wildman–Crippen MR) is 104 cm³/mol. The number of hydrogen-bond donors (Lipinski definition) is 1. The highest BCUT2D eigenvalue weighted by molar-refractivity contribution is 5.36. The zero-order valence-corrected chi connectivity index (χ0v) is 14.7. The summed E-state index contributed by atoms with van der Waals surface area (Å²) >= 11 is 0. The maximum absolute atomic E-state index is 13.2. The van der Waals surface area contributed by atoms with Crippen molar-refractivity contribution in [3.05, 3.63) is 119 Å². The number of benzene rings is 3. The third-order valence-corrected chi connectivity index (χ3v) is 4.50. The third-order valence-electron chi connectivity index (χ3n) is 4.50. The second-order valence-corrected chi connectivity index (χ2v) is 6.30. The van der Waals surface area contributed by atoms with Crippen molar-refractivity contribution in [1.82, 2.24) is 4.57 Å². The summed E-state index contributed by atoms with van der Waals surface area (Å²) < 4.78 is 3.22. The lowest BCUT2D eigenvalue weighted by Gasteiger charge is -2.10. The molecule has 132 valence electrons. The molecule has 1 heterocycles. The van der Waals surface area contributed by atoms with Gasteiger partial charge in [0, 0.05) is 6.42 Å². The minimum atomic E-state index is -0.227. The van der Waals surface area contributed by atoms with E-state index in [1.165, 1.54) is 0 Å². The summed E-state index contributed by atoms with van der Waals surface area (Å²) in [5.74, 6) is -0.0396. The van der Waals surface area contributed by atoms with Crippen LogP contribution in [-0.4, -0.2) is 9.67 Å². The molecule has 4 rings (SSSR count). The van der Waals surface area contributed by atoms with Gasteiger partial charge in [0.05, 0.1) is 0 Å². The molecular weight excluding hydrogens is 336 g/mol. The van der Waals surface area contributed by atoms with Gasteiger partial charge >= 0.3 is 5.56 Å². The fourth-order valence-corrected chi connectivity index (χ4v) is 3.11. The Morgan fingerprint density at radius 3 is 1.96 bits per heavy atom. The van der Waals surface area contributed by atoms with Crippen LogP contribution in [-0.2, 0) is 6.42 Å². The lowest BCUT2D eigenvalue weighted by Crippen LogP contribution is -2.40. The van der Waals surface area contributed by atoms with Gasteiger partial charge in [-0.1, -0.05) is 66.7 Å². The number of aromatic hydroxyl groups is 1. The van der Waals surface area contributed by atoms with Crippen LogP contribution in [0.1, 0.15) is 11.1 Å². The van der Waals surface area contributed by atoms with E-state index < -0.39 is 0 Å². The van der Waals surface area contributed by atoms with Crippen LogP contribution in [0.2, 0.25) is 0 Å². The van der Waals surface area contributed by atoms with Gasteiger partial charge < -0.3 is 5.11 Å². The van der Waals surface area contributed by atoms with Gasteiger partial charge in [-0.25, -0.2) is 4.79 Å². The fourth-order valence-electron chi connectivity index (χ4n) is 3.11. The second-order valence-electron chi connectivity index (χ2n) is 6.30. The molecule has 0 atom stereocenters. The third kappa shape index (κ3) is 3.37. The molecule has 0 fully saturated rings. The lowest BCUT2D eigenvalue weighted by molar-refractivity contribution is -0.609. The maximum Gasteiger partial charge on any atom is 0.349 e. The van der Waals surface area contributed by atoms with E-state index in [1.54, 1.807) is 15.5 Å². The van der Waals surface area contributed by atoms with E-state index in [1.807, 2.05) is 91.0 Å². The molecular formula is C23H19N2O2+. The van der Waals surface area contributed by atoms with Gasteiger partial charge in [-0.05, 0) is 29.8 Å². The SMILES string of the molecule is O=c1c(Cc2ccccc2)c(O)[n+](-c2ccccc2)cn1-c1ccccc1. The van der Waals surface area contributed by atoms with Crippen molar-refractivity contribution < 1.29 is 9.67 Å². The van der Waals surface area contributed by atoms with Crippen molar-refractivity contribution in [1.29, 1.82) is 0 Å². The molecule has 0 saturated heterocycles. The van der Waals surface area contributed by atoms with Gasteiger partial charge in [0.25, 0.3) is 12.2 Å². The predicted octanol–water partition coefficient (Wildman–Crippen LogP) is 3.41. The first-order valence-electron chi connectivity index (χ1n) is 8.78. The largest absolute Gasteiger partial charge is 0.477 e. The Morgan fingerprint density at radius 1 is 0.778 bits per heavy atom. The molecule has 0 amide bonds. The van der Waals surface area contributed by atoms with E-state index >= 15 is 0 Å². The highest BCUT2D eigenvalue weighted by Crippen LogP contribution is 2.16. The summed E-state index contributed by atoms with van der Waals surface area (Å²) in [4.78, 5) is 13.2. The molecule has 0 unspecified atom stereocenters. The van der Waals surface area contributed by atoms with Crippen LogP contribution in [0.4, 0.5) is 0 Å². The molecule has 3 aromatic carbocycles. The van der Waals surface area contributed by atoms with E-state index in [9.17, 15) is 9.90 Å². The summed E-state index contributed by atoms with van der Waals surface area (Å²) in [6.45, 7) is 0. The van der Waals surface area contributed by atoms with Crippen LogP contribution < -0.4 is 10.1 Å². The van der Waals surface area contributed by atoms with Crippen molar-refractivity contribution in [2.24, 2.45) is 0 Å². The number of para-hydroxylation sites is 2. The number of rotatable bonds is 4. The molecule has 4 nitrogen and oxygen atoms in total. The Morgan fingerprint density at radius 2 is 1.33 bits per heavy atom.